The number of nitrogens with one attached hydrogen (secondary N) is 1. The van der Waals surface area contributed by atoms with Gasteiger partial charge < -0.3 is 19.0 Å². The number of fused-ring (bicyclic) bond motifs is 1. The molecule has 0 bridgehead atoms. The van der Waals surface area contributed by atoms with Gasteiger partial charge in [0.2, 0.25) is 0 Å². The number of halogens is 1. The predicted octanol–water partition coefficient (Wildman–Crippen LogP) is 4.12. The van der Waals surface area contributed by atoms with E-state index in [4.69, 9.17) is 14.0 Å². The Morgan fingerprint density at radius 3 is 2.48 bits per heavy atom. The zero-order valence-electron chi connectivity index (χ0n) is 14.1. The van der Waals surface area contributed by atoms with Crippen molar-refractivity contribution < 1.29 is 18.4 Å². The van der Waals surface area contributed by atoms with Crippen LogP contribution in [0, 0.1) is 0 Å². The van der Waals surface area contributed by atoms with Crippen LogP contribution in [-0.4, -0.2) is 30.4 Å². The van der Waals surface area contributed by atoms with Gasteiger partial charge in [0.25, 0.3) is 0 Å². The molecule has 3 rings (SSSR count). The van der Waals surface area contributed by atoms with E-state index in [-0.39, 0.29) is 0 Å². The number of hydrogen-bond donors (Lipinski definition) is 1. The van der Waals surface area contributed by atoms with Crippen LogP contribution in [-0.2, 0) is 9.31 Å². The minimum atomic E-state index is -0.983. The smallest absolute Gasteiger partial charge is 0.497 e. The van der Waals surface area contributed by atoms with Gasteiger partial charge in [0.15, 0.2) is 0 Å². The summed E-state index contributed by atoms with van der Waals surface area (Å²) in [6, 6.07) is 5.62. The zero-order valence-corrected chi connectivity index (χ0v) is 14.1. The lowest BCUT2D eigenvalue weighted by Crippen LogP contribution is -2.41. The van der Waals surface area contributed by atoms with Gasteiger partial charge in [-0.1, -0.05) is 0 Å². The molecule has 0 unspecified atom stereocenters. The minimum Gasteiger partial charge on any atom is -0.497 e. The summed E-state index contributed by atoms with van der Waals surface area (Å²) in [7, 11) is 0.631. The highest BCUT2D eigenvalue weighted by Crippen LogP contribution is 2.39. The highest BCUT2D eigenvalue weighted by molar-refractivity contribution is 6.54. The summed E-state index contributed by atoms with van der Waals surface area (Å²) < 4.78 is 31.2. The highest BCUT2D eigenvalue weighted by atomic mass is 19.1. The van der Waals surface area contributed by atoms with Crippen LogP contribution in [0.5, 0.6) is 5.75 Å². The van der Waals surface area contributed by atoms with Crippen molar-refractivity contribution in [1.29, 1.82) is 0 Å². The molecule has 0 radical (unpaired) electrons. The number of H-pyrrole nitrogens is 1. The van der Waals surface area contributed by atoms with E-state index in [0.717, 1.165) is 22.2 Å². The van der Waals surface area contributed by atoms with Gasteiger partial charge >= 0.3 is 7.12 Å². The van der Waals surface area contributed by atoms with Gasteiger partial charge in [0, 0.05) is 28.7 Å². The maximum atomic E-state index is 14.6. The first kappa shape index (κ1) is 16.1. The first-order valence-corrected chi connectivity index (χ1v) is 7.61. The third kappa shape index (κ3) is 2.77. The Morgan fingerprint density at radius 1 is 1.22 bits per heavy atom. The van der Waals surface area contributed by atoms with Gasteiger partial charge in [-0.15, -0.1) is 0 Å². The average molecular weight is 317 g/mol. The summed E-state index contributed by atoms with van der Waals surface area (Å²) in [5.41, 5.74) is 0.0693. The fraction of sp³-hybridized carbons (Fsp3) is 0.412. The molecule has 0 amide bonds. The Bertz CT molecular complexity index is 750. The van der Waals surface area contributed by atoms with Crippen molar-refractivity contribution in [2.24, 2.45) is 0 Å². The van der Waals surface area contributed by atoms with Crippen LogP contribution < -0.4 is 4.74 Å². The van der Waals surface area contributed by atoms with Crippen LogP contribution in [0.4, 0.5) is 4.39 Å². The van der Waals surface area contributed by atoms with Crippen LogP contribution in [0.1, 0.15) is 33.3 Å². The van der Waals surface area contributed by atoms with E-state index in [1.165, 1.54) is 6.08 Å². The van der Waals surface area contributed by atoms with E-state index < -0.39 is 24.0 Å². The molecule has 0 atom stereocenters. The van der Waals surface area contributed by atoms with E-state index in [9.17, 15) is 4.39 Å². The average Bonchev–Trinajstić information content (AvgIpc) is 2.97. The zero-order chi connectivity index (χ0) is 16.8. The number of hydrogen-bond acceptors (Lipinski definition) is 3. The van der Waals surface area contributed by atoms with Gasteiger partial charge in [-0.2, -0.15) is 0 Å². The maximum absolute atomic E-state index is 14.6. The molecule has 1 aromatic heterocycles. The molecule has 2 aromatic rings. The second kappa shape index (κ2) is 5.39. The predicted molar refractivity (Wildman–Crippen MR) is 90.0 cm³/mol. The van der Waals surface area contributed by atoms with Gasteiger partial charge in [-0.05, 0) is 45.9 Å². The number of methoxy groups -OCH3 is 1. The molecular weight excluding hydrogens is 296 g/mol. The van der Waals surface area contributed by atoms with Gasteiger partial charge in [-0.3, -0.25) is 0 Å². The molecule has 0 aliphatic carbocycles. The number of ether oxygens (including phenoxy) is 1. The molecule has 6 heteroatoms. The second-order valence-corrected chi connectivity index (χ2v) is 6.77. The van der Waals surface area contributed by atoms with Crippen molar-refractivity contribution in [2.75, 3.05) is 7.11 Å². The normalized spacial score (nSPS) is 20.3. The molecule has 1 aliphatic rings. The van der Waals surface area contributed by atoms with Crippen LogP contribution >= 0.6 is 0 Å². The van der Waals surface area contributed by atoms with Crippen molar-refractivity contribution in [2.45, 2.75) is 38.9 Å². The minimum absolute atomic E-state index is 0.444. The molecular formula is C17H21BFNO3. The lowest BCUT2D eigenvalue weighted by Gasteiger charge is -2.32. The molecule has 4 nitrogen and oxygen atoms in total. The fourth-order valence-corrected chi connectivity index (χ4v) is 2.55. The molecule has 2 heterocycles. The second-order valence-electron chi connectivity index (χ2n) is 6.77. The molecule has 23 heavy (non-hydrogen) atoms. The van der Waals surface area contributed by atoms with Gasteiger partial charge in [-0.25, -0.2) is 4.39 Å². The molecule has 1 fully saturated rings. The summed E-state index contributed by atoms with van der Waals surface area (Å²) in [5, 5.41) is 0.914. The van der Waals surface area contributed by atoms with Gasteiger partial charge in [0.1, 0.15) is 11.5 Å². The first-order valence-electron chi connectivity index (χ1n) is 7.61. The SMILES string of the molecule is COc1ccc2c(C=C(F)B3OC(C)(C)C(C)(C)O3)c[nH]c2c1. The molecule has 1 aliphatic heterocycles. The largest absolute Gasteiger partial charge is 0.525 e. The lowest BCUT2D eigenvalue weighted by atomic mass is 9.87. The van der Waals surface area contributed by atoms with Crippen molar-refractivity contribution in [3.63, 3.8) is 0 Å². The first-order chi connectivity index (χ1) is 10.7. The van der Waals surface area contributed by atoms with Crippen LogP contribution in [0.2, 0.25) is 0 Å². The van der Waals surface area contributed by atoms with Crippen molar-refractivity contribution >= 4 is 24.1 Å². The number of aromatic nitrogens is 1. The van der Waals surface area contributed by atoms with Gasteiger partial charge in [0.05, 0.1) is 18.3 Å². The Balaban J connectivity index is 1.90. The fourth-order valence-electron chi connectivity index (χ4n) is 2.55. The molecule has 0 saturated carbocycles. The molecule has 1 aromatic carbocycles. The van der Waals surface area contributed by atoms with Crippen molar-refractivity contribution in [3.8, 4) is 5.75 Å². The standard InChI is InChI=1S/C17H21BFNO3/c1-16(2)17(3,4)23-18(22-16)15(19)8-11-10-20-14-9-12(21-5)6-7-13(11)14/h6-10,20H,1-5H3. The Labute approximate surface area is 135 Å². The number of rotatable bonds is 3. The Hall–Kier alpha value is -1.79. The monoisotopic (exact) mass is 317 g/mol. The summed E-state index contributed by atoms with van der Waals surface area (Å²) in [4.78, 5) is 3.12. The molecule has 0 spiro atoms. The summed E-state index contributed by atoms with van der Waals surface area (Å²) in [6.07, 6.45) is 3.21. The van der Waals surface area contributed by atoms with E-state index >= 15 is 0 Å². The van der Waals surface area contributed by atoms with Crippen LogP contribution in [0.25, 0.3) is 17.0 Å². The highest BCUT2D eigenvalue weighted by Gasteiger charge is 2.53. The summed E-state index contributed by atoms with van der Waals surface area (Å²) in [6.45, 7) is 7.60. The number of benzene rings is 1. The van der Waals surface area contributed by atoms with Crippen LogP contribution in [0.3, 0.4) is 0 Å². The topological polar surface area (TPSA) is 43.5 Å². The molecule has 1 saturated heterocycles. The van der Waals surface area contributed by atoms with E-state index in [1.54, 1.807) is 13.3 Å². The van der Waals surface area contributed by atoms with Crippen molar-refractivity contribution in [3.05, 3.63) is 35.7 Å². The number of aromatic amines is 1. The Morgan fingerprint density at radius 2 is 1.87 bits per heavy atom. The Kier molecular flexibility index (Phi) is 3.77. The van der Waals surface area contributed by atoms with Crippen LogP contribution in [0.15, 0.2) is 30.1 Å². The third-order valence-electron chi connectivity index (χ3n) is 4.69. The van der Waals surface area contributed by atoms with E-state index in [2.05, 4.69) is 4.98 Å². The quantitative estimate of drug-likeness (QED) is 0.866. The van der Waals surface area contributed by atoms with Crippen molar-refractivity contribution in [1.82, 2.24) is 4.98 Å². The summed E-state index contributed by atoms with van der Waals surface area (Å²) >= 11 is 0. The molecule has 1 N–H and O–H groups in total. The van der Waals surface area contributed by atoms with E-state index in [1.807, 2.05) is 45.9 Å². The lowest BCUT2D eigenvalue weighted by molar-refractivity contribution is 0.00578. The third-order valence-corrected chi connectivity index (χ3v) is 4.69. The molecule has 122 valence electrons. The maximum Gasteiger partial charge on any atom is 0.525 e. The summed E-state index contributed by atoms with van der Waals surface area (Å²) in [5.74, 6) is 0.751. The van der Waals surface area contributed by atoms with E-state index in [0.29, 0.717) is 0 Å².